The van der Waals surface area contributed by atoms with E-state index < -0.39 is 17.6 Å². The van der Waals surface area contributed by atoms with Gasteiger partial charge in [-0.25, -0.2) is 0 Å². The molecule has 0 bridgehead atoms. The van der Waals surface area contributed by atoms with Crippen LogP contribution in [0.1, 0.15) is 29.1 Å². The molecule has 23 heavy (non-hydrogen) atoms. The molecule has 0 saturated heterocycles. The van der Waals surface area contributed by atoms with Crippen molar-refractivity contribution in [2.45, 2.75) is 24.6 Å². The van der Waals surface area contributed by atoms with Crippen LogP contribution in [0.15, 0.2) is 28.8 Å². The Morgan fingerprint density at radius 1 is 1.30 bits per heavy atom. The van der Waals surface area contributed by atoms with Crippen LogP contribution in [-0.4, -0.2) is 33.3 Å². The first-order chi connectivity index (χ1) is 10.8. The lowest BCUT2D eigenvalue weighted by atomic mass is 10.1. The molecule has 3 rings (SSSR count). The quantitative estimate of drug-likeness (QED) is 0.897. The smallest absolute Gasteiger partial charge is 0.394 e. The second-order valence-electron chi connectivity index (χ2n) is 5.39. The second kappa shape index (κ2) is 5.34. The number of aliphatic hydroxyl groups is 1. The average Bonchev–Trinajstić information content (AvgIpc) is 3.10. The Hall–Kier alpha value is -2.42. The molecule has 0 atom stereocenters. The minimum atomic E-state index is -4.70. The molecule has 1 aliphatic rings. The van der Waals surface area contributed by atoms with E-state index in [0.29, 0.717) is 11.1 Å². The Morgan fingerprint density at radius 2 is 1.96 bits per heavy atom. The molecule has 0 radical (unpaired) electrons. The minimum Gasteiger partial charge on any atom is -0.394 e. The first-order valence-corrected chi connectivity index (χ1v) is 6.78. The fraction of sp³-hybridized carbons (Fsp3) is 0.357. The Balaban J connectivity index is 1.74. The van der Waals surface area contributed by atoms with E-state index in [1.54, 1.807) is 0 Å². The van der Waals surface area contributed by atoms with Gasteiger partial charge in [-0.2, -0.15) is 18.2 Å². The van der Waals surface area contributed by atoms with Gasteiger partial charge in [-0.3, -0.25) is 4.79 Å². The number of rotatable bonds is 4. The standard InChI is InChI=1S/C14H12F3N3O3/c15-14(16,17)12-18-10(20-23-12)8-1-3-9(4-2-8)11(22)19-13(7-21)5-6-13/h1-4,21H,5-7H2,(H,19,22). The molecule has 0 aliphatic heterocycles. The van der Waals surface area contributed by atoms with Crippen LogP contribution in [0.2, 0.25) is 0 Å². The van der Waals surface area contributed by atoms with Crippen molar-refractivity contribution in [2.75, 3.05) is 6.61 Å². The van der Waals surface area contributed by atoms with Gasteiger partial charge in [0.15, 0.2) is 0 Å². The molecule has 2 N–H and O–H groups in total. The Morgan fingerprint density at radius 3 is 2.43 bits per heavy atom. The van der Waals surface area contributed by atoms with E-state index in [1.165, 1.54) is 24.3 Å². The number of carbonyl (C=O) groups is 1. The van der Waals surface area contributed by atoms with Crippen molar-refractivity contribution >= 4 is 5.91 Å². The lowest BCUT2D eigenvalue weighted by Gasteiger charge is -2.14. The molecule has 1 aliphatic carbocycles. The maximum atomic E-state index is 12.4. The van der Waals surface area contributed by atoms with Crippen LogP contribution in [0.3, 0.4) is 0 Å². The maximum Gasteiger partial charge on any atom is 0.471 e. The van der Waals surface area contributed by atoms with E-state index in [1.807, 2.05) is 0 Å². The van der Waals surface area contributed by atoms with E-state index in [4.69, 9.17) is 0 Å². The predicted octanol–water partition coefficient (Wildman–Crippen LogP) is 2.01. The zero-order valence-corrected chi connectivity index (χ0v) is 11.7. The van der Waals surface area contributed by atoms with Crippen LogP contribution >= 0.6 is 0 Å². The molecule has 1 saturated carbocycles. The number of nitrogens with one attached hydrogen (secondary N) is 1. The predicted molar refractivity (Wildman–Crippen MR) is 71.3 cm³/mol. The van der Waals surface area contributed by atoms with Gasteiger partial charge < -0.3 is 14.9 Å². The molecule has 122 valence electrons. The van der Waals surface area contributed by atoms with Gasteiger partial charge in [-0.15, -0.1) is 0 Å². The van der Waals surface area contributed by atoms with E-state index in [-0.39, 0.29) is 18.3 Å². The van der Waals surface area contributed by atoms with Gasteiger partial charge in [0.2, 0.25) is 5.82 Å². The summed E-state index contributed by atoms with van der Waals surface area (Å²) in [4.78, 5) is 15.3. The van der Waals surface area contributed by atoms with E-state index in [9.17, 15) is 23.1 Å². The first kappa shape index (κ1) is 15.5. The van der Waals surface area contributed by atoms with Crippen LogP contribution in [0.4, 0.5) is 13.2 Å². The van der Waals surface area contributed by atoms with Crippen LogP contribution in [0.5, 0.6) is 0 Å². The minimum absolute atomic E-state index is 0.125. The molecule has 1 amide bonds. The van der Waals surface area contributed by atoms with Gasteiger partial charge in [-0.05, 0) is 25.0 Å². The number of alkyl halides is 3. The van der Waals surface area contributed by atoms with E-state index in [2.05, 4.69) is 20.0 Å². The summed E-state index contributed by atoms with van der Waals surface area (Å²) in [5.41, 5.74) is 0.0856. The summed E-state index contributed by atoms with van der Waals surface area (Å²) in [5, 5.41) is 15.2. The highest BCUT2D eigenvalue weighted by molar-refractivity contribution is 5.95. The van der Waals surface area contributed by atoms with Gasteiger partial charge in [0.05, 0.1) is 12.1 Å². The summed E-state index contributed by atoms with van der Waals surface area (Å²) in [5.74, 6) is -1.99. The zero-order valence-electron chi connectivity index (χ0n) is 11.7. The molecule has 1 heterocycles. The third kappa shape index (κ3) is 3.19. The summed E-state index contributed by atoms with van der Waals surface area (Å²) in [6.45, 7) is -0.125. The molecule has 0 unspecified atom stereocenters. The topological polar surface area (TPSA) is 88.2 Å². The van der Waals surface area contributed by atoms with Gasteiger partial charge in [0.1, 0.15) is 0 Å². The molecule has 1 fully saturated rings. The highest BCUT2D eigenvalue weighted by Crippen LogP contribution is 2.35. The van der Waals surface area contributed by atoms with Crippen LogP contribution in [0, 0.1) is 0 Å². The van der Waals surface area contributed by atoms with Crippen LogP contribution in [-0.2, 0) is 6.18 Å². The SMILES string of the molecule is O=C(NC1(CO)CC1)c1ccc(-c2noc(C(F)(F)F)n2)cc1. The Labute approximate surface area is 128 Å². The highest BCUT2D eigenvalue weighted by Gasteiger charge is 2.43. The molecular weight excluding hydrogens is 315 g/mol. The summed E-state index contributed by atoms with van der Waals surface area (Å²) in [6, 6.07) is 5.75. The number of benzene rings is 1. The van der Waals surface area contributed by atoms with Gasteiger partial charge in [0.25, 0.3) is 5.91 Å². The van der Waals surface area contributed by atoms with Crippen LogP contribution < -0.4 is 5.32 Å². The Bertz CT molecular complexity index is 721. The largest absolute Gasteiger partial charge is 0.471 e. The number of carbonyl (C=O) groups excluding carboxylic acids is 1. The van der Waals surface area contributed by atoms with Gasteiger partial charge in [-0.1, -0.05) is 17.3 Å². The van der Waals surface area contributed by atoms with Gasteiger partial charge in [0, 0.05) is 11.1 Å². The zero-order chi connectivity index (χ0) is 16.7. The van der Waals surface area contributed by atoms with E-state index >= 15 is 0 Å². The fourth-order valence-electron chi connectivity index (χ4n) is 2.01. The van der Waals surface area contributed by atoms with Crippen molar-refractivity contribution in [3.05, 3.63) is 35.7 Å². The number of halogens is 3. The third-order valence-electron chi connectivity index (χ3n) is 3.61. The van der Waals surface area contributed by atoms with Crippen molar-refractivity contribution in [2.24, 2.45) is 0 Å². The number of hydrogen-bond donors (Lipinski definition) is 2. The number of aliphatic hydroxyl groups excluding tert-OH is 1. The normalized spacial score (nSPS) is 16.2. The van der Waals surface area contributed by atoms with Crippen molar-refractivity contribution < 1.29 is 27.6 Å². The Kier molecular flexibility index (Phi) is 3.59. The fourth-order valence-corrected chi connectivity index (χ4v) is 2.01. The van der Waals surface area contributed by atoms with Crippen molar-refractivity contribution in [1.29, 1.82) is 0 Å². The number of hydrogen-bond acceptors (Lipinski definition) is 5. The number of amides is 1. The monoisotopic (exact) mass is 327 g/mol. The molecule has 1 aromatic carbocycles. The lowest BCUT2D eigenvalue weighted by Crippen LogP contribution is -2.39. The highest BCUT2D eigenvalue weighted by atomic mass is 19.4. The van der Waals surface area contributed by atoms with Gasteiger partial charge >= 0.3 is 12.1 Å². The summed E-state index contributed by atoms with van der Waals surface area (Å²) in [6.07, 6.45) is -3.26. The molecule has 2 aromatic rings. The van der Waals surface area contributed by atoms with Crippen molar-refractivity contribution in [1.82, 2.24) is 15.5 Å². The molecule has 6 nitrogen and oxygen atoms in total. The summed E-state index contributed by atoms with van der Waals surface area (Å²) >= 11 is 0. The summed E-state index contributed by atoms with van der Waals surface area (Å²) < 4.78 is 41.4. The van der Waals surface area contributed by atoms with Crippen molar-refractivity contribution in [3.8, 4) is 11.4 Å². The van der Waals surface area contributed by atoms with Crippen LogP contribution in [0.25, 0.3) is 11.4 Å². The van der Waals surface area contributed by atoms with E-state index in [0.717, 1.165) is 12.8 Å². The second-order valence-corrected chi connectivity index (χ2v) is 5.39. The number of nitrogens with zero attached hydrogens (tertiary/aromatic N) is 2. The average molecular weight is 327 g/mol. The summed E-state index contributed by atoms with van der Waals surface area (Å²) in [7, 11) is 0. The van der Waals surface area contributed by atoms with Crippen molar-refractivity contribution in [3.63, 3.8) is 0 Å². The molecule has 1 aromatic heterocycles. The first-order valence-electron chi connectivity index (χ1n) is 6.78. The molecule has 0 spiro atoms. The number of aromatic nitrogens is 2. The molecule has 9 heteroatoms. The third-order valence-corrected chi connectivity index (χ3v) is 3.61. The molecular formula is C14H12F3N3O3. The lowest BCUT2D eigenvalue weighted by molar-refractivity contribution is -0.159. The maximum absolute atomic E-state index is 12.4.